The molecule has 6 heteroatoms. The van der Waals surface area contributed by atoms with Gasteiger partial charge in [0.2, 0.25) is 5.96 Å². The lowest BCUT2D eigenvalue weighted by molar-refractivity contribution is 1.22. The van der Waals surface area contributed by atoms with Gasteiger partial charge in [0.15, 0.2) is 0 Å². The highest BCUT2D eigenvalue weighted by atomic mass is 35.5. The largest absolute Gasteiger partial charge is 0.369 e. The van der Waals surface area contributed by atoms with Crippen molar-refractivity contribution >= 4 is 35.1 Å². The summed E-state index contributed by atoms with van der Waals surface area (Å²) >= 11 is 7.45. The number of rotatable bonds is 3. The molecule has 4 nitrogen and oxygen atoms in total. The molecule has 0 bridgehead atoms. The molecule has 0 saturated carbocycles. The van der Waals surface area contributed by atoms with Gasteiger partial charge in [-0.1, -0.05) is 23.7 Å². The third-order valence-electron chi connectivity index (χ3n) is 2.11. The van der Waals surface area contributed by atoms with E-state index in [0.29, 0.717) is 0 Å². The van der Waals surface area contributed by atoms with Crippen molar-refractivity contribution in [2.75, 3.05) is 0 Å². The summed E-state index contributed by atoms with van der Waals surface area (Å²) in [6.45, 7) is 0. The highest BCUT2D eigenvalue weighted by Crippen LogP contribution is 2.28. The average Bonchev–Trinajstić information content (AvgIpc) is 2.78. The van der Waals surface area contributed by atoms with E-state index in [2.05, 4.69) is 10.2 Å². The summed E-state index contributed by atoms with van der Waals surface area (Å²) in [6, 6.07) is 11.7. The van der Waals surface area contributed by atoms with Crippen LogP contribution < -0.4 is 11.5 Å². The van der Waals surface area contributed by atoms with Gasteiger partial charge in [0, 0.05) is 14.8 Å². The molecule has 4 N–H and O–H groups in total. The summed E-state index contributed by atoms with van der Waals surface area (Å²) in [7, 11) is 0. The van der Waals surface area contributed by atoms with Crippen LogP contribution in [0, 0.1) is 0 Å². The Morgan fingerprint density at radius 1 is 1.11 bits per heavy atom. The van der Waals surface area contributed by atoms with E-state index < -0.39 is 0 Å². The fraction of sp³-hybridized carbons (Fsp3) is 0. The topological polar surface area (TPSA) is 76.8 Å². The normalized spacial score (nSPS) is 10.7. The van der Waals surface area contributed by atoms with Crippen LogP contribution in [0.5, 0.6) is 0 Å². The van der Waals surface area contributed by atoms with Crippen molar-refractivity contribution < 1.29 is 0 Å². The number of nitrogens with two attached hydrogens (primary N) is 2. The van der Waals surface area contributed by atoms with Crippen molar-refractivity contribution in [3.8, 4) is 10.4 Å². The monoisotopic (exact) mass is 278 g/mol. The number of thiophene rings is 1. The predicted molar refractivity (Wildman–Crippen MR) is 78.2 cm³/mol. The van der Waals surface area contributed by atoms with Gasteiger partial charge >= 0.3 is 0 Å². The molecular formula is C12H11ClN4S. The molecule has 2 rings (SSSR count). The maximum absolute atomic E-state index is 5.85. The summed E-state index contributed by atoms with van der Waals surface area (Å²) in [5, 5.41) is 8.04. The zero-order chi connectivity index (χ0) is 13.0. The second-order valence-electron chi connectivity index (χ2n) is 3.48. The summed E-state index contributed by atoms with van der Waals surface area (Å²) in [5.41, 5.74) is 11.5. The van der Waals surface area contributed by atoms with Gasteiger partial charge < -0.3 is 11.5 Å². The molecule has 0 atom stereocenters. The van der Waals surface area contributed by atoms with E-state index in [1.807, 2.05) is 36.4 Å². The van der Waals surface area contributed by atoms with E-state index in [0.717, 1.165) is 20.3 Å². The standard InChI is InChI=1S/C12H11ClN4S/c13-9-3-1-8(2-4-9)11-6-5-10(18-11)7-16-17-12(14)15/h1-7H,(H4,14,15,17). The molecule has 92 valence electrons. The van der Waals surface area contributed by atoms with Gasteiger partial charge in [-0.3, -0.25) is 0 Å². The lowest BCUT2D eigenvalue weighted by atomic mass is 10.2. The fourth-order valence-corrected chi connectivity index (χ4v) is 2.35. The molecular weight excluding hydrogens is 268 g/mol. The van der Waals surface area contributed by atoms with Gasteiger partial charge in [0.1, 0.15) is 0 Å². The molecule has 0 fully saturated rings. The molecule has 1 heterocycles. The summed E-state index contributed by atoms with van der Waals surface area (Å²) in [5.74, 6) is -0.0549. The SMILES string of the molecule is NC(N)=NN=Cc1ccc(-c2ccc(Cl)cc2)s1. The van der Waals surface area contributed by atoms with E-state index >= 15 is 0 Å². The van der Waals surface area contributed by atoms with Crippen LogP contribution in [0.1, 0.15) is 4.88 Å². The maximum Gasteiger partial charge on any atom is 0.211 e. The Bertz CT molecular complexity index is 582. The number of benzene rings is 1. The second-order valence-corrected chi connectivity index (χ2v) is 5.03. The molecule has 0 aliphatic heterocycles. The van der Waals surface area contributed by atoms with Crippen LogP contribution in [0.3, 0.4) is 0 Å². The summed E-state index contributed by atoms with van der Waals surface area (Å²) in [4.78, 5) is 2.11. The molecule has 0 aliphatic carbocycles. The lowest BCUT2D eigenvalue weighted by Crippen LogP contribution is -2.21. The van der Waals surface area contributed by atoms with E-state index in [1.54, 1.807) is 17.6 Å². The van der Waals surface area contributed by atoms with Gasteiger partial charge in [-0.25, -0.2) is 0 Å². The van der Waals surface area contributed by atoms with Gasteiger partial charge in [-0.05, 0) is 29.8 Å². The first kappa shape index (κ1) is 12.6. The number of halogens is 1. The Kier molecular flexibility index (Phi) is 3.96. The Morgan fingerprint density at radius 3 is 2.50 bits per heavy atom. The highest BCUT2D eigenvalue weighted by molar-refractivity contribution is 7.17. The highest BCUT2D eigenvalue weighted by Gasteiger charge is 2.01. The van der Waals surface area contributed by atoms with Crippen molar-refractivity contribution in [3.63, 3.8) is 0 Å². The van der Waals surface area contributed by atoms with Crippen LogP contribution in [-0.2, 0) is 0 Å². The molecule has 0 aliphatic rings. The molecule has 1 aromatic carbocycles. The van der Waals surface area contributed by atoms with E-state index in [1.165, 1.54) is 0 Å². The Hall–Kier alpha value is -1.85. The zero-order valence-electron chi connectivity index (χ0n) is 9.38. The third kappa shape index (κ3) is 3.32. The zero-order valence-corrected chi connectivity index (χ0v) is 10.9. The third-order valence-corrected chi connectivity index (χ3v) is 3.43. The number of guanidine groups is 1. The van der Waals surface area contributed by atoms with Gasteiger partial charge in [0.05, 0.1) is 6.21 Å². The minimum atomic E-state index is -0.0549. The van der Waals surface area contributed by atoms with E-state index in [9.17, 15) is 0 Å². The Morgan fingerprint density at radius 2 is 1.83 bits per heavy atom. The molecule has 0 radical (unpaired) electrons. The van der Waals surface area contributed by atoms with Gasteiger partial charge in [0.25, 0.3) is 0 Å². The minimum absolute atomic E-state index is 0.0549. The van der Waals surface area contributed by atoms with Crippen molar-refractivity contribution in [1.82, 2.24) is 0 Å². The van der Waals surface area contributed by atoms with Gasteiger partial charge in [-0.15, -0.1) is 16.4 Å². The average molecular weight is 279 g/mol. The van der Waals surface area contributed by atoms with E-state index in [4.69, 9.17) is 23.1 Å². The first-order valence-electron chi connectivity index (χ1n) is 5.13. The second kappa shape index (κ2) is 5.66. The molecule has 18 heavy (non-hydrogen) atoms. The first-order valence-corrected chi connectivity index (χ1v) is 6.32. The van der Waals surface area contributed by atoms with E-state index in [-0.39, 0.29) is 5.96 Å². The molecule has 0 saturated heterocycles. The van der Waals surface area contributed by atoms with Crippen LogP contribution in [0.2, 0.25) is 5.02 Å². The number of hydrogen-bond donors (Lipinski definition) is 2. The van der Waals surface area contributed by atoms with Crippen LogP contribution in [0.15, 0.2) is 46.6 Å². The Balaban J connectivity index is 2.18. The molecule has 1 aromatic heterocycles. The van der Waals surface area contributed by atoms with Crippen molar-refractivity contribution in [3.05, 3.63) is 46.3 Å². The van der Waals surface area contributed by atoms with Crippen molar-refractivity contribution in [2.24, 2.45) is 21.7 Å². The molecule has 0 unspecified atom stereocenters. The van der Waals surface area contributed by atoms with Crippen LogP contribution in [0.4, 0.5) is 0 Å². The molecule has 0 spiro atoms. The maximum atomic E-state index is 5.85. The van der Waals surface area contributed by atoms with Crippen LogP contribution >= 0.6 is 22.9 Å². The quantitative estimate of drug-likeness (QED) is 0.514. The van der Waals surface area contributed by atoms with Crippen molar-refractivity contribution in [1.29, 1.82) is 0 Å². The number of nitrogens with zero attached hydrogens (tertiary/aromatic N) is 2. The fourth-order valence-electron chi connectivity index (χ4n) is 1.34. The lowest BCUT2D eigenvalue weighted by Gasteiger charge is -1.96. The predicted octanol–water partition coefficient (Wildman–Crippen LogP) is 2.68. The molecule has 2 aromatic rings. The van der Waals surface area contributed by atoms with Crippen LogP contribution in [-0.4, -0.2) is 12.2 Å². The van der Waals surface area contributed by atoms with Crippen LogP contribution in [0.25, 0.3) is 10.4 Å². The summed E-state index contributed by atoms with van der Waals surface area (Å²) < 4.78 is 0. The van der Waals surface area contributed by atoms with Crippen molar-refractivity contribution in [2.45, 2.75) is 0 Å². The molecule has 0 amide bonds. The minimum Gasteiger partial charge on any atom is -0.369 e. The smallest absolute Gasteiger partial charge is 0.211 e. The number of hydrogen-bond acceptors (Lipinski definition) is 3. The van der Waals surface area contributed by atoms with Gasteiger partial charge in [-0.2, -0.15) is 5.10 Å². The Labute approximate surface area is 114 Å². The first-order chi connectivity index (χ1) is 8.65. The summed E-state index contributed by atoms with van der Waals surface area (Å²) in [6.07, 6.45) is 1.61.